The second-order valence-electron chi connectivity index (χ2n) is 4.66. The lowest BCUT2D eigenvalue weighted by molar-refractivity contribution is 0.488. The van der Waals surface area contributed by atoms with E-state index in [1.54, 1.807) is 0 Å². The summed E-state index contributed by atoms with van der Waals surface area (Å²) < 4.78 is 40.5. The Labute approximate surface area is 148 Å². The minimum atomic E-state index is -1.31. The van der Waals surface area contributed by atoms with Gasteiger partial charge in [-0.2, -0.15) is 5.10 Å². The first-order chi connectivity index (χ1) is 11.6. The van der Waals surface area contributed by atoms with Crippen LogP contribution < -0.4 is 5.43 Å². The maximum atomic E-state index is 13.7. The number of hydrogen-bond donors (Lipinski definition) is 1. The highest BCUT2D eigenvalue weighted by molar-refractivity contribution is 9.10. The van der Waals surface area contributed by atoms with E-state index in [9.17, 15) is 13.2 Å². The number of benzene rings is 2. The highest BCUT2D eigenvalue weighted by Crippen LogP contribution is 2.25. The molecule has 0 atom stereocenters. The van der Waals surface area contributed by atoms with Crippen LogP contribution in [0.3, 0.4) is 0 Å². The molecule has 0 saturated carbocycles. The molecule has 0 aliphatic heterocycles. The monoisotopic (exact) mass is 411 g/mol. The molecule has 0 spiro atoms. The van der Waals surface area contributed by atoms with Crippen molar-refractivity contribution in [2.75, 3.05) is 5.43 Å². The largest absolute Gasteiger partial charge is 0.253 e. The van der Waals surface area contributed by atoms with Gasteiger partial charge in [-0.15, -0.1) is 11.3 Å². The van der Waals surface area contributed by atoms with Crippen molar-refractivity contribution in [1.82, 2.24) is 4.98 Å². The van der Waals surface area contributed by atoms with Gasteiger partial charge in [0.05, 0.1) is 21.9 Å². The van der Waals surface area contributed by atoms with Crippen molar-refractivity contribution in [1.29, 1.82) is 0 Å². The fourth-order valence-electron chi connectivity index (χ4n) is 1.92. The van der Waals surface area contributed by atoms with Gasteiger partial charge in [0.1, 0.15) is 5.82 Å². The highest BCUT2D eigenvalue weighted by Gasteiger charge is 2.16. The molecule has 0 aliphatic rings. The number of rotatable bonds is 4. The van der Waals surface area contributed by atoms with E-state index in [0.717, 1.165) is 23.5 Å². The van der Waals surface area contributed by atoms with E-state index >= 15 is 0 Å². The van der Waals surface area contributed by atoms with Crippen LogP contribution in [-0.4, -0.2) is 11.2 Å². The van der Waals surface area contributed by atoms with Gasteiger partial charge in [0.25, 0.3) is 0 Å². The molecule has 3 nitrogen and oxygen atoms in total. The van der Waals surface area contributed by atoms with E-state index in [1.807, 2.05) is 35.7 Å². The third kappa shape index (κ3) is 3.49. The molecule has 3 aromatic rings. The molecule has 8 heteroatoms. The van der Waals surface area contributed by atoms with E-state index in [4.69, 9.17) is 0 Å². The second kappa shape index (κ2) is 7.14. The molecule has 122 valence electrons. The summed E-state index contributed by atoms with van der Waals surface area (Å²) in [5.41, 5.74) is 3.71. The smallest absolute Gasteiger partial charge is 0.203 e. The third-order valence-electron chi connectivity index (χ3n) is 3.08. The maximum absolute atomic E-state index is 13.7. The van der Waals surface area contributed by atoms with Crippen molar-refractivity contribution >= 4 is 38.6 Å². The van der Waals surface area contributed by atoms with Crippen molar-refractivity contribution in [2.24, 2.45) is 5.10 Å². The van der Waals surface area contributed by atoms with E-state index < -0.39 is 23.0 Å². The lowest BCUT2D eigenvalue weighted by atomic mass is 10.2. The molecule has 1 heterocycles. The Kier molecular flexibility index (Phi) is 4.96. The number of anilines is 1. The fourth-order valence-corrected chi connectivity index (χ4v) is 2.96. The number of halogens is 4. The Morgan fingerprint density at radius 1 is 1.12 bits per heavy atom. The minimum absolute atomic E-state index is 0.282. The van der Waals surface area contributed by atoms with Gasteiger partial charge in [0, 0.05) is 10.9 Å². The number of thiazole rings is 1. The van der Waals surface area contributed by atoms with Gasteiger partial charge in [-0.25, -0.2) is 18.2 Å². The average molecular weight is 412 g/mol. The summed E-state index contributed by atoms with van der Waals surface area (Å²) in [5.74, 6) is -3.40. The zero-order valence-electron chi connectivity index (χ0n) is 11.9. The van der Waals surface area contributed by atoms with Crippen molar-refractivity contribution in [2.45, 2.75) is 0 Å². The number of hydrogen-bond acceptors (Lipinski definition) is 4. The van der Waals surface area contributed by atoms with Crippen LogP contribution in [0.5, 0.6) is 0 Å². The van der Waals surface area contributed by atoms with E-state index in [2.05, 4.69) is 31.4 Å². The topological polar surface area (TPSA) is 37.3 Å². The SMILES string of the molecule is Fc1cc(Br)c(F)c(F)c1C=NNc1nc(-c2ccccc2)cs1. The Morgan fingerprint density at radius 2 is 1.88 bits per heavy atom. The molecular formula is C16H9BrF3N3S. The maximum Gasteiger partial charge on any atom is 0.203 e. The first kappa shape index (κ1) is 16.7. The third-order valence-corrected chi connectivity index (χ3v) is 4.40. The molecule has 3 rings (SSSR count). The van der Waals surface area contributed by atoms with Crippen LogP contribution in [0.25, 0.3) is 11.3 Å². The summed E-state index contributed by atoms with van der Waals surface area (Å²) in [4.78, 5) is 4.31. The summed E-state index contributed by atoms with van der Waals surface area (Å²) in [7, 11) is 0. The quantitative estimate of drug-likeness (QED) is 0.268. The first-order valence-corrected chi connectivity index (χ1v) is 8.36. The van der Waals surface area contributed by atoms with E-state index in [1.165, 1.54) is 11.3 Å². The lowest BCUT2D eigenvalue weighted by Crippen LogP contribution is -2.00. The number of aromatic nitrogens is 1. The van der Waals surface area contributed by atoms with Gasteiger partial charge in [-0.05, 0) is 22.0 Å². The summed E-state index contributed by atoms with van der Waals surface area (Å²) in [6, 6.07) is 10.4. The molecule has 0 unspecified atom stereocenters. The van der Waals surface area contributed by atoms with Gasteiger partial charge < -0.3 is 0 Å². The Bertz CT molecular complexity index is 897. The number of hydrazone groups is 1. The van der Waals surface area contributed by atoms with Crippen LogP contribution in [0.15, 0.2) is 51.4 Å². The summed E-state index contributed by atoms with van der Waals surface area (Å²) in [6.45, 7) is 0. The summed E-state index contributed by atoms with van der Waals surface area (Å²) >= 11 is 4.03. The van der Waals surface area contributed by atoms with Crippen molar-refractivity contribution in [3.63, 3.8) is 0 Å². The molecule has 1 aromatic heterocycles. The van der Waals surface area contributed by atoms with Crippen LogP contribution in [0.4, 0.5) is 18.3 Å². The molecule has 0 amide bonds. The Balaban J connectivity index is 1.76. The molecule has 0 saturated heterocycles. The van der Waals surface area contributed by atoms with Crippen molar-refractivity contribution < 1.29 is 13.2 Å². The number of nitrogens with one attached hydrogen (secondary N) is 1. The van der Waals surface area contributed by atoms with Gasteiger partial charge in [-0.1, -0.05) is 30.3 Å². The van der Waals surface area contributed by atoms with Crippen LogP contribution in [0.1, 0.15) is 5.56 Å². The van der Waals surface area contributed by atoms with Crippen LogP contribution in [0, 0.1) is 17.5 Å². The van der Waals surface area contributed by atoms with Crippen LogP contribution in [-0.2, 0) is 0 Å². The molecule has 2 aromatic carbocycles. The van der Waals surface area contributed by atoms with Gasteiger partial charge in [0.2, 0.25) is 5.13 Å². The minimum Gasteiger partial charge on any atom is -0.253 e. The molecule has 1 N–H and O–H groups in total. The first-order valence-electron chi connectivity index (χ1n) is 6.69. The molecule has 0 radical (unpaired) electrons. The molecule has 24 heavy (non-hydrogen) atoms. The number of nitrogens with zero attached hydrogens (tertiary/aromatic N) is 2. The molecule has 0 aliphatic carbocycles. The average Bonchev–Trinajstić information content (AvgIpc) is 3.06. The normalized spacial score (nSPS) is 11.2. The van der Waals surface area contributed by atoms with Gasteiger partial charge in [0.15, 0.2) is 11.6 Å². The highest BCUT2D eigenvalue weighted by atomic mass is 79.9. The van der Waals surface area contributed by atoms with Crippen molar-refractivity contribution in [3.05, 3.63) is 69.3 Å². The fraction of sp³-hybridized carbons (Fsp3) is 0. The van der Waals surface area contributed by atoms with Crippen LogP contribution in [0.2, 0.25) is 0 Å². The Hall–Kier alpha value is -2.19. The second-order valence-corrected chi connectivity index (χ2v) is 6.37. The Morgan fingerprint density at radius 3 is 2.62 bits per heavy atom. The zero-order chi connectivity index (χ0) is 17.1. The zero-order valence-corrected chi connectivity index (χ0v) is 14.3. The molecule has 0 bridgehead atoms. The summed E-state index contributed by atoms with van der Waals surface area (Å²) in [6.07, 6.45) is 0.879. The lowest BCUT2D eigenvalue weighted by Gasteiger charge is -2.02. The predicted molar refractivity (Wildman–Crippen MR) is 92.8 cm³/mol. The van der Waals surface area contributed by atoms with E-state index in [-0.39, 0.29) is 4.47 Å². The van der Waals surface area contributed by atoms with Crippen LogP contribution >= 0.6 is 27.3 Å². The van der Waals surface area contributed by atoms with Gasteiger partial charge >= 0.3 is 0 Å². The standard InChI is InChI=1S/C16H9BrF3N3S/c17-11-6-12(18)10(14(19)15(11)20)7-21-23-16-22-13(8-24-16)9-4-2-1-3-5-9/h1-8H,(H,22,23). The van der Waals surface area contributed by atoms with Gasteiger partial charge in [-0.3, -0.25) is 5.43 Å². The molecule has 0 fully saturated rings. The van der Waals surface area contributed by atoms with E-state index in [0.29, 0.717) is 5.13 Å². The summed E-state index contributed by atoms with van der Waals surface area (Å²) in [5, 5.41) is 6.00. The predicted octanol–water partition coefficient (Wildman–Crippen LogP) is 5.44. The van der Waals surface area contributed by atoms with Crippen molar-refractivity contribution in [3.8, 4) is 11.3 Å². The molecular weight excluding hydrogens is 403 g/mol.